The van der Waals surface area contributed by atoms with Crippen LogP contribution in [0.2, 0.25) is 0 Å². The van der Waals surface area contributed by atoms with Crippen LogP contribution in [0.3, 0.4) is 0 Å². The molecule has 3 rings (SSSR count). The monoisotopic (exact) mass is 421 g/mol. The molecule has 156 valence electrons. The van der Waals surface area contributed by atoms with E-state index in [4.69, 9.17) is 16.1 Å². The van der Waals surface area contributed by atoms with Crippen LogP contribution in [0.5, 0.6) is 5.75 Å². The van der Waals surface area contributed by atoms with Crippen molar-refractivity contribution >= 4 is 38.0 Å². The molecule has 0 fully saturated rings. The topological polar surface area (TPSA) is 98.3 Å². The first-order valence-corrected chi connectivity index (χ1v) is 10.4. The van der Waals surface area contributed by atoms with Crippen LogP contribution in [-0.4, -0.2) is 30.4 Å². The summed E-state index contributed by atoms with van der Waals surface area (Å²) in [6, 6.07) is 13.6. The van der Waals surface area contributed by atoms with Crippen LogP contribution < -0.4 is 21.3 Å². The zero-order valence-electron chi connectivity index (χ0n) is 17.5. The van der Waals surface area contributed by atoms with Gasteiger partial charge >= 0.3 is 0 Å². The number of hydrogen-bond donors (Lipinski definition) is 4. The highest BCUT2D eigenvalue weighted by molar-refractivity contribution is 7.27. The summed E-state index contributed by atoms with van der Waals surface area (Å²) in [6.45, 7) is 2.65. The van der Waals surface area contributed by atoms with Gasteiger partial charge in [-0.1, -0.05) is 25.1 Å². The number of nitrogen functional groups attached to an aromatic ring is 1. The Kier molecular flexibility index (Phi) is 6.58. The second-order valence-electron chi connectivity index (χ2n) is 7.16. The van der Waals surface area contributed by atoms with E-state index in [1.807, 2.05) is 50.2 Å². The number of benzene rings is 2. The van der Waals surface area contributed by atoms with Crippen molar-refractivity contribution in [2.24, 2.45) is 0 Å². The van der Waals surface area contributed by atoms with Gasteiger partial charge in [0.05, 0.1) is 11.3 Å². The number of pyridine rings is 1. The summed E-state index contributed by atoms with van der Waals surface area (Å²) < 4.78 is 0. The third-order valence-corrected chi connectivity index (χ3v) is 5.64. The molecule has 0 saturated carbocycles. The molecule has 0 saturated heterocycles. The van der Waals surface area contributed by atoms with Gasteiger partial charge < -0.3 is 26.5 Å². The summed E-state index contributed by atoms with van der Waals surface area (Å²) in [5.41, 5.74) is 12.2. The van der Waals surface area contributed by atoms with Crippen LogP contribution in [0, 0.1) is 5.41 Å². The van der Waals surface area contributed by atoms with E-state index in [-0.39, 0.29) is 5.75 Å². The van der Waals surface area contributed by atoms with Crippen molar-refractivity contribution in [1.29, 1.82) is 5.41 Å². The van der Waals surface area contributed by atoms with Gasteiger partial charge in [0.25, 0.3) is 0 Å². The molecule has 0 radical (unpaired) electrons. The van der Waals surface area contributed by atoms with Gasteiger partial charge in [-0.05, 0) is 41.8 Å². The first-order valence-electron chi connectivity index (χ1n) is 9.79. The van der Waals surface area contributed by atoms with E-state index >= 15 is 0 Å². The third-order valence-electron chi connectivity index (χ3n) is 5.18. The van der Waals surface area contributed by atoms with E-state index in [0.717, 1.165) is 34.5 Å². The smallest absolute Gasteiger partial charge is 0.140 e. The fourth-order valence-corrected chi connectivity index (χ4v) is 3.80. The highest BCUT2D eigenvalue weighted by Crippen LogP contribution is 2.32. The molecule has 0 amide bonds. The van der Waals surface area contributed by atoms with Crippen LogP contribution in [-0.2, 0) is 13.0 Å². The largest absolute Gasteiger partial charge is 0.507 e. The summed E-state index contributed by atoms with van der Waals surface area (Å²) in [7, 11) is 6.40. The number of phenols is 1. The number of phenolic OH excluding ortho intramolecular Hbond substituents is 1. The van der Waals surface area contributed by atoms with Gasteiger partial charge in [-0.3, -0.25) is 0 Å². The second-order valence-corrected chi connectivity index (χ2v) is 7.79. The lowest BCUT2D eigenvalue weighted by molar-refractivity contribution is 0.479. The zero-order valence-corrected chi connectivity index (χ0v) is 18.7. The average molecular weight is 421 g/mol. The molecular formula is C23H28N5OP. The molecule has 2 aromatic carbocycles. The molecule has 0 spiro atoms. The second kappa shape index (κ2) is 9.14. The fraction of sp³-hybridized carbons (Fsp3) is 0.217. The number of aromatic hydroxyl groups is 1. The molecular weight excluding hydrogens is 393 g/mol. The predicted molar refractivity (Wildman–Crippen MR) is 130 cm³/mol. The van der Waals surface area contributed by atoms with Gasteiger partial charge in [-0.15, -0.1) is 9.24 Å². The first kappa shape index (κ1) is 21.6. The molecule has 0 aliphatic heterocycles. The molecule has 5 N–H and O–H groups in total. The maximum absolute atomic E-state index is 10.1. The van der Waals surface area contributed by atoms with Crippen molar-refractivity contribution in [2.75, 3.05) is 30.0 Å². The van der Waals surface area contributed by atoms with Gasteiger partial charge in [-0.25, -0.2) is 4.98 Å². The quantitative estimate of drug-likeness (QED) is 0.344. The van der Waals surface area contributed by atoms with Crippen LogP contribution in [0.15, 0.2) is 42.5 Å². The van der Waals surface area contributed by atoms with Crippen LogP contribution >= 0.6 is 9.24 Å². The molecule has 7 heteroatoms. The minimum atomic E-state index is 0.241. The average Bonchev–Trinajstić information content (AvgIpc) is 2.75. The van der Waals surface area contributed by atoms with Crippen molar-refractivity contribution in [2.45, 2.75) is 19.9 Å². The van der Waals surface area contributed by atoms with Crippen LogP contribution in [0.1, 0.15) is 23.6 Å². The number of nitrogens with zero attached hydrogens (tertiary/aromatic N) is 2. The zero-order chi connectivity index (χ0) is 21.8. The molecule has 3 aromatic rings. The van der Waals surface area contributed by atoms with Crippen molar-refractivity contribution in [1.82, 2.24) is 4.98 Å². The molecule has 1 unspecified atom stereocenters. The Morgan fingerprint density at radius 2 is 1.97 bits per heavy atom. The SMILES string of the molecule is CCc1cc(O)c(P)cc1-c1cc(N)c(C=N)c(N(C)Cc2ccccc2NC)n1. The number of aryl methyl sites for hydroxylation is 1. The minimum Gasteiger partial charge on any atom is -0.507 e. The van der Waals surface area contributed by atoms with Crippen molar-refractivity contribution in [3.05, 3.63) is 59.2 Å². The summed E-state index contributed by atoms with van der Waals surface area (Å²) in [6.07, 6.45) is 2.00. The Hall–Kier alpha value is -3.11. The Bertz CT molecular complexity index is 1080. The predicted octanol–water partition coefficient (Wildman–Crippen LogP) is 3.77. The molecule has 1 aromatic heterocycles. The van der Waals surface area contributed by atoms with E-state index in [2.05, 4.69) is 20.6 Å². The number of rotatable bonds is 7. The summed E-state index contributed by atoms with van der Waals surface area (Å²) in [5, 5.41) is 21.9. The van der Waals surface area contributed by atoms with Crippen molar-refractivity contribution < 1.29 is 5.11 Å². The number of hydrogen-bond acceptors (Lipinski definition) is 6. The normalized spacial score (nSPS) is 10.7. The summed E-state index contributed by atoms with van der Waals surface area (Å²) >= 11 is 0. The van der Waals surface area contributed by atoms with Gasteiger partial charge in [-0.2, -0.15) is 0 Å². The van der Waals surface area contributed by atoms with Crippen molar-refractivity contribution in [3.8, 4) is 17.0 Å². The molecule has 1 atom stereocenters. The molecule has 0 aliphatic rings. The lowest BCUT2D eigenvalue weighted by Gasteiger charge is -2.24. The molecule has 30 heavy (non-hydrogen) atoms. The number of nitrogens with one attached hydrogen (secondary N) is 2. The first-order chi connectivity index (χ1) is 14.4. The van der Waals surface area contributed by atoms with Crippen LogP contribution in [0.4, 0.5) is 17.2 Å². The maximum Gasteiger partial charge on any atom is 0.140 e. The molecule has 1 heterocycles. The standard InChI is InChI=1S/C23H28N5OP/c1-4-14-9-21(29)22(30)10-16(14)20-11-18(25)17(12-24)23(27-20)28(3)13-15-7-5-6-8-19(15)26-2/h5-12,24,26,29H,4,13,30H2,1-3H3,(H2,25,27). The van der Waals surface area contributed by atoms with Gasteiger partial charge in [0.15, 0.2) is 0 Å². The van der Waals surface area contributed by atoms with Crippen molar-refractivity contribution in [3.63, 3.8) is 0 Å². The van der Waals surface area contributed by atoms with Gasteiger partial charge in [0.2, 0.25) is 0 Å². The third kappa shape index (κ3) is 4.24. The van der Waals surface area contributed by atoms with Crippen LogP contribution in [0.25, 0.3) is 11.3 Å². The summed E-state index contributed by atoms with van der Waals surface area (Å²) in [5.74, 6) is 0.886. The number of anilines is 3. The number of nitrogens with two attached hydrogens (primary N) is 1. The lowest BCUT2D eigenvalue weighted by atomic mass is 10.00. The highest BCUT2D eigenvalue weighted by atomic mass is 31.0. The Balaban J connectivity index is 2.11. The number of para-hydroxylation sites is 1. The molecule has 6 nitrogen and oxygen atoms in total. The highest BCUT2D eigenvalue weighted by Gasteiger charge is 2.17. The van der Waals surface area contributed by atoms with Gasteiger partial charge in [0, 0.05) is 49.1 Å². The lowest BCUT2D eigenvalue weighted by Crippen LogP contribution is -2.21. The summed E-state index contributed by atoms with van der Waals surface area (Å²) in [4.78, 5) is 6.89. The fourth-order valence-electron chi connectivity index (χ4n) is 3.55. The van der Waals surface area contributed by atoms with E-state index < -0.39 is 0 Å². The maximum atomic E-state index is 10.1. The Labute approximate surface area is 179 Å². The van der Waals surface area contributed by atoms with E-state index in [1.165, 1.54) is 6.21 Å². The molecule has 0 bridgehead atoms. The van der Waals surface area contributed by atoms with Gasteiger partial charge in [0.1, 0.15) is 11.6 Å². The minimum absolute atomic E-state index is 0.241. The van der Waals surface area contributed by atoms with E-state index in [9.17, 15) is 5.11 Å². The Morgan fingerprint density at radius 3 is 2.63 bits per heavy atom. The van der Waals surface area contributed by atoms with E-state index in [1.54, 1.807) is 12.1 Å². The molecule has 0 aliphatic carbocycles. The Morgan fingerprint density at radius 1 is 1.23 bits per heavy atom. The number of aromatic nitrogens is 1. The van der Waals surface area contributed by atoms with E-state index in [0.29, 0.717) is 28.9 Å².